The van der Waals surface area contributed by atoms with Crippen LogP contribution in [-0.4, -0.2) is 48.3 Å². The number of hydrogen-bond acceptors (Lipinski definition) is 6. The van der Waals surface area contributed by atoms with Gasteiger partial charge >= 0.3 is 0 Å². The topological polar surface area (TPSA) is 63.4 Å². The van der Waals surface area contributed by atoms with Crippen LogP contribution < -0.4 is 10.1 Å². The lowest BCUT2D eigenvalue weighted by Crippen LogP contribution is -2.38. The molecule has 1 saturated carbocycles. The van der Waals surface area contributed by atoms with Crippen molar-refractivity contribution in [1.82, 2.24) is 20.4 Å². The van der Waals surface area contributed by atoms with E-state index in [0.717, 1.165) is 50.6 Å². The maximum Gasteiger partial charge on any atom is 0.240 e. The van der Waals surface area contributed by atoms with Gasteiger partial charge in [-0.05, 0) is 68.8 Å². The fraction of sp³-hybridized carbons (Fsp3) is 0.500. The van der Waals surface area contributed by atoms with E-state index < -0.39 is 0 Å². The quantitative estimate of drug-likeness (QED) is 0.462. The summed E-state index contributed by atoms with van der Waals surface area (Å²) in [6.45, 7) is 6.95. The number of methoxy groups -OCH3 is 1. The lowest BCUT2D eigenvalue weighted by atomic mass is 9.64. The van der Waals surface area contributed by atoms with Gasteiger partial charge in [-0.25, -0.2) is 0 Å². The standard InChI is InChI=1S/C28H36N4O2/c1-21-7-5-8-23(19-21)28(13-6-14-28)27-30-26(34-31-27)20-29-15-18-32-16-11-22(12-17-32)24-9-3-4-10-25(24)33-2/h3-5,7-10,19,22,29H,6,11-18,20H2,1-2H3. The summed E-state index contributed by atoms with van der Waals surface area (Å²) < 4.78 is 11.2. The number of hydrogen-bond donors (Lipinski definition) is 1. The summed E-state index contributed by atoms with van der Waals surface area (Å²) in [6, 6.07) is 17.2. The summed E-state index contributed by atoms with van der Waals surface area (Å²) in [5, 5.41) is 7.89. The third-order valence-electron chi connectivity index (χ3n) is 7.72. The van der Waals surface area contributed by atoms with E-state index in [9.17, 15) is 0 Å². The highest BCUT2D eigenvalue weighted by Gasteiger charge is 2.44. The SMILES string of the molecule is COc1ccccc1C1CCN(CCNCc2nc(C3(c4cccc(C)c4)CCC3)no2)CC1. The van der Waals surface area contributed by atoms with Crippen LogP contribution in [0.15, 0.2) is 53.1 Å². The molecule has 1 saturated heterocycles. The Kier molecular flexibility index (Phi) is 6.97. The second kappa shape index (κ2) is 10.3. The first-order valence-corrected chi connectivity index (χ1v) is 12.6. The summed E-state index contributed by atoms with van der Waals surface area (Å²) in [5.41, 5.74) is 3.88. The number of aryl methyl sites for hydroxylation is 1. The molecule has 2 heterocycles. The van der Waals surface area contributed by atoms with Gasteiger partial charge in [0.05, 0.1) is 19.1 Å². The summed E-state index contributed by atoms with van der Waals surface area (Å²) in [4.78, 5) is 7.33. The summed E-state index contributed by atoms with van der Waals surface area (Å²) >= 11 is 0. The molecule has 3 aromatic rings. The van der Waals surface area contributed by atoms with Crippen molar-refractivity contribution in [2.24, 2.45) is 0 Å². The molecule has 6 heteroatoms. The van der Waals surface area contributed by atoms with E-state index in [0.29, 0.717) is 18.4 Å². The number of aromatic nitrogens is 2. The first kappa shape index (κ1) is 23.1. The monoisotopic (exact) mass is 460 g/mol. The molecule has 34 heavy (non-hydrogen) atoms. The van der Waals surface area contributed by atoms with E-state index in [1.165, 1.54) is 36.0 Å². The van der Waals surface area contributed by atoms with Gasteiger partial charge in [0.15, 0.2) is 5.82 Å². The first-order chi connectivity index (χ1) is 16.7. The Morgan fingerprint density at radius 1 is 1.12 bits per heavy atom. The van der Waals surface area contributed by atoms with Crippen molar-refractivity contribution in [3.8, 4) is 5.75 Å². The van der Waals surface area contributed by atoms with E-state index >= 15 is 0 Å². The highest BCUT2D eigenvalue weighted by Crippen LogP contribution is 2.47. The minimum atomic E-state index is -0.0699. The van der Waals surface area contributed by atoms with Crippen LogP contribution in [0.25, 0.3) is 0 Å². The van der Waals surface area contributed by atoms with Gasteiger partial charge in [-0.2, -0.15) is 4.98 Å². The van der Waals surface area contributed by atoms with Crippen LogP contribution in [-0.2, 0) is 12.0 Å². The van der Waals surface area contributed by atoms with E-state index in [2.05, 4.69) is 64.8 Å². The number of nitrogens with zero attached hydrogens (tertiary/aromatic N) is 3. The van der Waals surface area contributed by atoms with Crippen molar-refractivity contribution in [2.45, 2.75) is 56.9 Å². The van der Waals surface area contributed by atoms with Gasteiger partial charge in [0.1, 0.15) is 5.75 Å². The van der Waals surface area contributed by atoms with Gasteiger partial charge in [0.25, 0.3) is 0 Å². The van der Waals surface area contributed by atoms with E-state index in [-0.39, 0.29) is 5.41 Å². The molecule has 2 fully saturated rings. The zero-order chi connectivity index (χ0) is 23.4. The Bertz CT molecular complexity index is 1080. The predicted molar refractivity (Wildman–Crippen MR) is 133 cm³/mol. The van der Waals surface area contributed by atoms with Crippen molar-refractivity contribution >= 4 is 0 Å². The highest BCUT2D eigenvalue weighted by molar-refractivity contribution is 5.38. The molecule has 0 atom stereocenters. The normalized spacial score (nSPS) is 18.5. The maximum atomic E-state index is 5.63. The Morgan fingerprint density at radius 2 is 1.94 bits per heavy atom. The molecule has 0 amide bonds. The Morgan fingerprint density at radius 3 is 2.68 bits per heavy atom. The lowest BCUT2D eigenvalue weighted by molar-refractivity contribution is 0.210. The van der Waals surface area contributed by atoms with Crippen LogP contribution in [0, 0.1) is 6.92 Å². The summed E-state index contributed by atoms with van der Waals surface area (Å²) in [5.74, 6) is 3.14. The smallest absolute Gasteiger partial charge is 0.240 e. The van der Waals surface area contributed by atoms with Gasteiger partial charge in [-0.15, -0.1) is 0 Å². The third-order valence-corrected chi connectivity index (χ3v) is 7.72. The van der Waals surface area contributed by atoms with Gasteiger partial charge in [-0.1, -0.05) is 59.6 Å². The summed E-state index contributed by atoms with van der Waals surface area (Å²) in [6.07, 6.45) is 5.74. The minimum absolute atomic E-state index is 0.0699. The van der Waals surface area contributed by atoms with Gasteiger partial charge in [-0.3, -0.25) is 0 Å². The molecule has 1 aliphatic carbocycles. The molecule has 2 aliphatic rings. The fourth-order valence-corrected chi connectivity index (χ4v) is 5.54. The van der Waals surface area contributed by atoms with Crippen LogP contribution in [0.3, 0.4) is 0 Å². The van der Waals surface area contributed by atoms with E-state index in [4.69, 9.17) is 14.2 Å². The number of para-hydroxylation sites is 1. The lowest BCUT2D eigenvalue weighted by Gasteiger charge is -2.39. The van der Waals surface area contributed by atoms with Crippen LogP contribution in [0.4, 0.5) is 0 Å². The largest absolute Gasteiger partial charge is 0.496 e. The summed E-state index contributed by atoms with van der Waals surface area (Å²) in [7, 11) is 1.76. The van der Waals surface area contributed by atoms with Crippen molar-refractivity contribution < 1.29 is 9.26 Å². The molecule has 180 valence electrons. The number of rotatable bonds is 9. The number of ether oxygens (including phenoxy) is 1. The second-order valence-corrected chi connectivity index (χ2v) is 9.85. The molecule has 1 aliphatic heterocycles. The molecule has 6 nitrogen and oxygen atoms in total. The van der Waals surface area contributed by atoms with Crippen LogP contribution in [0.2, 0.25) is 0 Å². The molecule has 5 rings (SSSR count). The molecule has 1 aromatic heterocycles. The van der Waals surface area contributed by atoms with Gasteiger partial charge in [0.2, 0.25) is 5.89 Å². The Balaban J connectivity index is 1.09. The molecule has 0 radical (unpaired) electrons. The fourth-order valence-electron chi connectivity index (χ4n) is 5.54. The van der Waals surface area contributed by atoms with Crippen LogP contribution >= 0.6 is 0 Å². The average molecular weight is 461 g/mol. The van der Waals surface area contributed by atoms with E-state index in [1.807, 2.05) is 6.07 Å². The number of nitrogens with one attached hydrogen (secondary N) is 1. The first-order valence-electron chi connectivity index (χ1n) is 12.6. The van der Waals surface area contributed by atoms with E-state index in [1.54, 1.807) is 7.11 Å². The number of piperidine rings is 1. The van der Waals surface area contributed by atoms with Crippen LogP contribution in [0.1, 0.15) is 66.4 Å². The van der Waals surface area contributed by atoms with Crippen molar-refractivity contribution in [2.75, 3.05) is 33.3 Å². The zero-order valence-corrected chi connectivity index (χ0v) is 20.4. The minimum Gasteiger partial charge on any atom is -0.496 e. The van der Waals surface area contributed by atoms with Crippen LogP contribution in [0.5, 0.6) is 5.75 Å². The molecule has 2 aromatic carbocycles. The molecule has 0 bridgehead atoms. The van der Waals surface area contributed by atoms with Crippen molar-refractivity contribution in [1.29, 1.82) is 0 Å². The molecule has 0 spiro atoms. The maximum absolute atomic E-state index is 5.63. The zero-order valence-electron chi connectivity index (χ0n) is 20.4. The van der Waals surface area contributed by atoms with Crippen molar-refractivity contribution in [3.63, 3.8) is 0 Å². The van der Waals surface area contributed by atoms with Gasteiger partial charge in [0, 0.05) is 13.1 Å². The second-order valence-electron chi connectivity index (χ2n) is 9.85. The number of likely N-dealkylation sites (tertiary alicyclic amines) is 1. The Hall–Kier alpha value is -2.70. The molecule has 1 N–H and O–H groups in total. The van der Waals surface area contributed by atoms with Gasteiger partial charge < -0.3 is 19.5 Å². The molecule has 0 unspecified atom stereocenters. The number of benzene rings is 2. The molecular formula is C28H36N4O2. The highest BCUT2D eigenvalue weighted by atomic mass is 16.5. The molecular weight excluding hydrogens is 424 g/mol. The Labute approximate surface area is 202 Å². The third kappa shape index (κ3) is 4.75. The van der Waals surface area contributed by atoms with Crippen molar-refractivity contribution in [3.05, 3.63) is 76.9 Å². The predicted octanol–water partition coefficient (Wildman–Crippen LogP) is 4.83. The average Bonchev–Trinajstić information content (AvgIpc) is 3.30.